The highest BCUT2D eigenvalue weighted by Crippen LogP contribution is 2.30. The average molecular weight is 365 g/mol. The zero-order valence-electron chi connectivity index (χ0n) is 9.91. The molecule has 0 saturated heterocycles. The molecule has 1 heterocycles. The molecule has 90 valence electrons. The van der Waals surface area contributed by atoms with Crippen molar-refractivity contribution in [2.75, 3.05) is 0 Å². The number of fused-ring (bicyclic) bond motifs is 1. The summed E-state index contributed by atoms with van der Waals surface area (Å²) in [6.45, 7) is 2.09. The molecule has 3 rings (SSSR count). The average Bonchev–Trinajstić information content (AvgIpc) is 2.71. The van der Waals surface area contributed by atoms with Gasteiger partial charge in [0.15, 0.2) is 0 Å². The number of aromatic amines is 1. The van der Waals surface area contributed by atoms with Crippen LogP contribution in [0, 0.1) is 10.5 Å². The molecule has 1 N–H and O–H groups in total. The number of aryl methyl sites for hydroxylation is 1. The predicted octanol–water partition coefficient (Wildman–Crippen LogP) is 5.23. The Labute approximate surface area is 124 Å². The Hall–Kier alpha value is -0.940. The minimum absolute atomic E-state index is 1.21. The van der Waals surface area contributed by atoms with Gasteiger partial charge in [0.25, 0.3) is 0 Å². The number of H-pyrrole nitrogens is 1. The molecule has 0 unspecified atom stereocenters. The first kappa shape index (κ1) is 12.1. The van der Waals surface area contributed by atoms with Crippen LogP contribution in [-0.4, -0.2) is 4.98 Å². The van der Waals surface area contributed by atoms with Crippen molar-refractivity contribution in [1.29, 1.82) is 0 Å². The summed E-state index contributed by atoms with van der Waals surface area (Å²) in [6, 6.07) is 17.4. The molecule has 0 spiro atoms. The number of hydrogen-bond acceptors (Lipinski definition) is 1. The highest BCUT2D eigenvalue weighted by Gasteiger charge is 2.01. The van der Waals surface area contributed by atoms with Crippen molar-refractivity contribution < 1.29 is 0 Å². The molecule has 3 aromatic rings. The number of hydrogen-bond donors (Lipinski definition) is 1. The second kappa shape index (κ2) is 4.97. The van der Waals surface area contributed by atoms with Crippen molar-refractivity contribution in [2.24, 2.45) is 0 Å². The molecule has 0 bridgehead atoms. The third-order valence-electron chi connectivity index (χ3n) is 2.78. The smallest absolute Gasteiger partial charge is 0.0456 e. The Morgan fingerprint density at radius 3 is 2.44 bits per heavy atom. The first-order valence-corrected chi connectivity index (χ1v) is 7.63. The third kappa shape index (κ3) is 2.57. The van der Waals surface area contributed by atoms with Crippen LogP contribution in [0.15, 0.2) is 58.3 Å². The summed E-state index contributed by atoms with van der Waals surface area (Å²) in [5.74, 6) is 0. The first-order valence-electron chi connectivity index (χ1n) is 5.73. The molecule has 0 atom stereocenters. The normalized spacial score (nSPS) is 11.0. The molecule has 0 aliphatic carbocycles. The van der Waals surface area contributed by atoms with Crippen molar-refractivity contribution in [3.8, 4) is 0 Å². The second-order valence-corrected chi connectivity index (χ2v) is 6.65. The Kier molecular flexibility index (Phi) is 3.35. The lowest BCUT2D eigenvalue weighted by atomic mass is 10.2. The molecule has 18 heavy (non-hydrogen) atoms. The van der Waals surface area contributed by atoms with E-state index in [4.69, 9.17) is 0 Å². The lowest BCUT2D eigenvalue weighted by molar-refractivity contribution is 1.30. The molecule has 0 amide bonds. The van der Waals surface area contributed by atoms with E-state index in [1.54, 1.807) is 11.8 Å². The van der Waals surface area contributed by atoms with Crippen molar-refractivity contribution in [3.05, 3.63) is 57.8 Å². The van der Waals surface area contributed by atoms with E-state index in [2.05, 4.69) is 83.0 Å². The molecule has 1 nitrogen and oxygen atoms in total. The fraction of sp³-hybridized carbons (Fsp3) is 0.0667. The summed E-state index contributed by atoms with van der Waals surface area (Å²) in [5.41, 5.74) is 2.42. The maximum atomic E-state index is 3.35. The van der Waals surface area contributed by atoms with Crippen LogP contribution in [0.25, 0.3) is 10.9 Å². The fourth-order valence-electron chi connectivity index (χ4n) is 1.96. The molecular weight excluding hydrogens is 353 g/mol. The van der Waals surface area contributed by atoms with E-state index in [9.17, 15) is 0 Å². The lowest BCUT2D eigenvalue weighted by Gasteiger charge is -2.02. The number of benzene rings is 2. The lowest BCUT2D eigenvalue weighted by Crippen LogP contribution is -1.75. The number of rotatable bonds is 2. The van der Waals surface area contributed by atoms with E-state index in [0.717, 1.165) is 0 Å². The zero-order valence-corrected chi connectivity index (χ0v) is 12.9. The van der Waals surface area contributed by atoms with Crippen molar-refractivity contribution in [3.63, 3.8) is 0 Å². The summed E-state index contributed by atoms with van der Waals surface area (Å²) < 4.78 is 1.27. The van der Waals surface area contributed by atoms with Gasteiger partial charge in [-0.25, -0.2) is 0 Å². The molecule has 2 aromatic carbocycles. The van der Waals surface area contributed by atoms with Gasteiger partial charge in [-0.2, -0.15) is 0 Å². The van der Waals surface area contributed by atoms with Crippen LogP contribution < -0.4 is 0 Å². The Bertz CT molecular complexity index is 685. The minimum atomic E-state index is 1.21. The molecule has 0 aliphatic rings. The van der Waals surface area contributed by atoms with Gasteiger partial charge in [0.05, 0.1) is 0 Å². The van der Waals surface area contributed by atoms with E-state index in [0.29, 0.717) is 0 Å². The topological polar surface area (TPSA) is 15.8 Å². The predicted molar refractivity (Wildman–Crippen MR) is 86.3 cm³/mol. The van der Waals surface area contributed by atoms with Crippen molar-refractivity contribution in [1.82, 2.24) is 4.98 Å². The van der Waals surface area contributed by atoms with Crippen LogP contribution in [0.1, 0.15) is 5.69 Å². The Morgan fingerprint density at radius 1 is 0.944 bits per heavy atom. The Balaban J connectivity index is 1.92. The Morgan fingerprint density at radius 2 is 1.67 bits per heavy atom. The SMILES string of the molecule is Cc1cc2cc(Sc3ccc(I)cc3)ccc2[nH]1. The number of nitrogens with one attached hydrogen (secondary N) is 1. The van der Waals surface area contributed by atoms with Gasteiger partial charge in [-0.05, 0) is 78.0 Å². The molecular formula is C15H12INS. The van der Waals surface area contributed by atoms with Crippen molar-refractivity contribution >= 4 is 45.3 Å². The third-order valence-corrected chi connectivity index (χ3v) is 4.49. The standard InChI is InChI=1S/C15H12INS/c1-10-8-11-9-14(6-7-15(11)17-10)18-13-4-2-12(16)3-5-13/h2-9,17H,1H3. The van der Waals surface area contributed by atoms with Crippen molar-refractivity contribution in [2.45, 2.75) is 16.7 Å². The molecule has 0 saturated carbocycles. The molecule has 0 aliphatic heterocycles. The second-order valence-electron chi connectivity index (χ2n) is 4.26. The zero-order chi connectivity index (χ0) is 12.5. The molecule has 0 fully saturated rings. The summed E-state index contributed by atoms with van der Waals surface area (Å²) in [4.78, 5) is 5.91. The maximum absolute atomic E-state index is 3.35. The van der Waals surface area contributed by atoms with Gasteiger partial charge < -0.3 is 4.98 Å². The highest BCUT2D eigenvalue weighted by atomic mass is 127. The van der Waals surface area contributed by atoms with Gasteiger partial charge in [0.2, 0.25) is 0 Å². The van der Waals surface area contributed by atoms with Gasteiger partial charge in [-0.1, -0.05) is 11.8 Å². The summed E-state index contributed by atoms with van der Waals surface area (Å²) in [5, 5.41) is 1.28. The number of halogens is 1. The van der Waals surface area contributed by atoms with E-state index in [1.165, 1.54) is 30.0 Å². The summed E-state index contributed by atoms with van der Waals surface area (Å²) in [7, 11) is 0. The van der Waals surface area contributed by atoms with E-state index < -0.39 is 0 Å². The van der Waals surface area contributed by atoms with Gasteiger partial charge in [-0.3, -0.25) is 0 Å². The van der Waals surface area contributed by atoms with E-state index >= 15 is 0 Å². The van der Waals surface area contributed by atoms with Crippen LogP contribution in [0.5, 0.6) is 0 Å². The van der Waals surface area contributed by atoms with E-state index in [-0.39, 0.29) is 0 Å². The van der Waals surface area contributed by atoms with Crippen LogP contribution in [0.4, 0.5) is 0 Å². The molecule has 3 heteroatoms. The number of aromatic nitrogens is 1. The summed E-state index contributed by atoms with van der Waals surface area (Å²) >= 11 is 4.13. The highest BCUT2D eigenvalue weighted by molar-refractivity contribution is 14.1. The monoisotopic (exact) mass is 365 g/mol. The van der Waals surface area contributed by atoms with Crippen LogP contribution in [-0.2, 0) is 0 Å². The van der Waals surface area contributed by atoms with Crippen LogP contribution in [0.2, 0.25) is 0 Å². The van der Waals surface area contributed by atoms with Gasteiger partial charge >= 0.3 is 0 Å². The minimum Gasteiger partial charge on any atom is -0.359 e. The van der Waals surface area contributed by atoms with E-state index in [1.807, 2.05) is 0 Å². The molecule has 1 aromatic heterocycles. The maximum Gasteiger partial charge on any atom is 0.0456 e. The van der Waals surface area contributed by atoms with Gasteiger partial charge in [0, 0.05) is 30.0 Å². The first-order chi connectivity index (χ1) is 8.70. The summed E-state index contributed by atoms with van der Waals surface area (Å²) in [6.07, 6.45) is 0. The van der Waals surface area contributed by atoms with Gasteiger partial charge in [-0.15, -0.1) is 0 Å². The molecule has 0 radical (unpaired) electrons. The fourth-order valence-corrected chi connectivity index (χ4v) is 3.18. The van der Waals surface area contributed by atoms with Gasteiger partial charge in [0.1, 0.15) is 0 Å². The quantitative estimate of drug-likeness (QED) is 0.615. The largest absolute Gasteiger partial charge is 0.359 e. The van der Waals surface area contributed by atoms with Crippen LogP contribution >= 0.6 is 34.4 Å². The van der Waals surface area contributed by atoms with Crippen LogP contribution in [0.3, 0.4) is 0 Å².